The monoisotopic (exact) mass is 294 g/mol. The molecule has 1 unspecified atom stereocenters. The highest BCUT2D eigenvalue weighted by Crippen LogP contribution is 2.27. The molecule has 0 aliphatic carbocycles. The molecule has 112 valence electrons. The van der Waals surface area contributed by atoms with E-state index < -0.39 is 0 Å². The Kier molecular flexibility index (Phi) is 3.27. The minimum atomic E-state index is 0.253. The average Bonchev–Trinajstić information content (AvgIpc) is 3.16. The minimum Gasteiger partial charge on any atom is -0.508 e. The van der Waals surface area contributed by atoms with Crippen molar-refractivity contribution in [2.45, 2.75) is 25.4 Å². The molecule has 1 fully saturated rings. The van der Waals surface area contributed by atoms with E-state index >= 15 is 0 Å². The van der Waals surface area contributed by atoms with Crippen molar-refractivity contribution in [3.8, 4) is 17.1 Å². The van der Waals surface area contributed by atoms with E-state index in [9.17, 15) is 5.11 Å². The number of phenolic OH excluding ortho intramolecular Hbond substituents is 1. The lowest BCUT2D eigenvalue weighted by Gasteiger charge is -2.14. The van der Waals surface area contributed by atoms with Crippen LogP contribution in [-0.2, 0) is 6.54 Å². The summed E-state index contributed by atoms with van der Waals surface area (Å²) in [7, 11) is 0. The van der Waals surface area contributed by atoms with Crippen LogP contribution in [-0.4, -0.2) is 32.2 Å². The molecule has 2 N–H and O–H groups in total. The third-order valence-corrected chi connectivity index (χ3v) is 4.17. The molecule has 1 aromatic carbocycles. The molecule has 5 nitrogen and oxygen atoms in total. The van der Waals surface area contributed by atoms with Crippen molar-refractivity contribution < 1.29 is 5.11 Å². The van der Waals surface area contributed by atoms with E-state index in [0.717, 1.165) is 35.6 Å². The van der Waals surface area contributed by atoms with Crippen LogP contribution < -0.4 is 5.32 Å². The van der Waals surface area contributed by atoms with Gasteiger partial charge in [-0.15, -0.1) is 0 Å². The number of fused-ring (bicyclic) bond motifs is 1. The Morgan fingerprint density at radius 1 is 1.27 bits per heavy atom. The zero-order chi connectivity index (χ0) is 14.9. The van der Waals surface area contributed by atoms with Gasteiger partial charge in [-0.05, 0) is 43.7 Å². The van der Waals surface area contributed by atoms with E-state index in [4.69, 9.17) is 4.98 Å². The number of imidazole rings is 1. The zero-order valence-electron chi connectivity index (χ0n) is 12.2. The number of rotatable bonds is 3. The predicted octanol–water partition coefficient (Wildman–Crippen LogP) is 2.56. The Morgan fingerprint density at radius 3 is 3.05 bits per heavy atom. The number of aromatic hydroxyl groups is 1. The second-order valence-corrected chi connectivity index (χ2v) is 5.74. The molecule has 0 spiro atoms. The molecular formula is C17H18N4O. The topological polar surface area (TPSA) is 63.0 Å². The molecule has 0 amide bonds. The second-order valence-electron chi connectivity index (χ2n) is 5.74. The van der Waals surface area contributed by atoms with Crippen LogP contribution in [0.5, 0.6) is 5.75 Å². The summed E-state index contributed by atoms with van der Waals surface area (Å²) >= 11 is 0. The maximum Gasteiger partial charge on any atom is 0.160 e. The summed E-state index contributed by atoms with van der Waals surface area (Å²) in [5.41, 5.74) is 2.70. The molecule has 3 heterocycles. The summed E-state index contributed by atoms with van der Waals surface area (Å²) in [6, 6.07) is 11.6. The number of phenols is 1. The predicted molar refractivity (Wildman–Crippen MR) is 85.7 cm³/mol. The van der Waals surface area contributed by atoms with Crippen LogP contribution in [0.3, 0.4) is 0 Å². The largest absolute Gasteiger partial charge is 0.508 e. The summed E-state index contributed by atoms with van der Waals surface area (Å²) < 4.78 is 2.16. The van der Waals surface area contributed by atoms with Gasteiger partial charge in [-0.1, -0.05) is 12.1 Å². The number of hydrogen-bond acceptors (Lipinski definition) is 4. The minimum absolute atomic E-state index is 0.253. The Morgan fingerprint density at radius 2 is 2.23 bits per heavy atom. The Bertz CT molecular complexity index is 805. The van der Waals surface area contributed by atoms with Gasteiger partial charge in [0.1, 0.15) is 17.1 Å². The van der Waals surface area contributed by atoms with Crippen LogP contribution in [0, 0.1) is 0 Å². The summed E-state index contributed by atoms with van der Waals surface area (Å²) in [6.07, 6.45) is 4.19. The summed E-state index contributed by atoms with van der Waals surface area (Å²) in [6.45, 7) is 1.92. The highest BCUT2D eigenvalue weighted by Gasteiger charge is 2.20. The van der Waals surface area contributed by atoms with Gasteiger partial charge in [0.25, 0.3) is 0 Å². The molecule has 4 rings (SSSR count). The molecule has 0 bridgehead atoms. The standard InChI is InChI=1S/C17H18N4O/c22-14-6-1-4-12(10-14)16-20-15-7-3-9-19-17(15)21(16)11-13-5-2-8-18-13/h1,3-4,6-7,9-10,13,18,22H,2,5,8,11H2. The molecule has 3 aromatic rings. The van der Waals surface area contributed by atoms with Crippen molar-refractivity contribution in [3.05, 3.63) is 42.6 Å². The first kappa shape index (κ1) is 13.3. The first-order valence-corrected chi connectivity index (χ1v) is 7.65. The van der Waals surface area contributed by atoms with Crippen molar-refractivity contribution >= 4 is 11.2 Å². The summed E-state index contributed by atoms with van der Waals surface area (Å²) in [5.74, 6) is 1.11. The van der Waals surface area contributed by atoms with E-state index in [1.807, 2.05) is 24.3 Å². The smallest absolute Gasteiger partial charge is 0.160 e. The van der Waals surface area contributed by atoms with Gasteiger partial charge in [-0.3, -0.25) is 0 Å². The van der Waals surface area contributed by atoms with E-state index in [2.05, 4.69) is 14.9 Å². The van der Waals surface area contributed by atoms with Gasteiger partial charge in [0.2, 0.25) is 0 Å². The van der Waals surface area contributed by atoms with Gasteiger partial charge in [0, 0.05) is 24.3 Å². The molecule has 0 radical (unpaired) electrons. The Balaban J connectivity index is 1.85. The van der Waals surface area contributed by atoms with Crippen molar-refractivity contribution in [3.63, 3.8) is 0 Å². The van der Waals surface area contributed by atoms with E-state index in [1.165, 1.54) is 12.8 Å². The number of benzene rings is 1. The third kappa shape index (κ3) is 2.33. The van der Waals surface area contributed by atoms with Crippen LogP contribution in [0.25, 0.3) is 22.6 Å². The number of nitrogens with zero attached hydrogens (tertiary/aromatic N) is 3. The maximum absolute atomic E-state index is 9.76. The third-order valence-electron chi connectivity index (χ3n) is 4.17. The summed E-state index contributed by atoms with van der Waals surface area (Å²) in [5, 5.41) is 13.3. The highest BCUT2D eigenvalue weighted by molar-refractivity contribution is 5.77. The fourth-order valence-electron chi connectivity index (χ4n) is 3.13. The first-order valence-electron chi connectivity index (χ1n) is 7.65. The van der Waals surface area contributed by atoms with Crippen molar-refractivity contribution in [2.24, 2.45) is 0 Å². The SMILES string of the molecule is Oc1cccc(-c2nc3cccnc3n2CC2CCCN2)c1. The average molecular weight is 294 g/mol. The Labute approximate surface area is 128 Å². The zero-order valence-corrected chi connectivity index (χ0v) is 12.2. The van der Waals surface area contributed by atoms with Gasteiger partial charge in [0.05, 0.1) is 0 Å². The van der Waals surface area contributed by atoms with Crippen LogP contribution in [0.2, 0.25) is 0 Å². The molecule has 2 aromatic heterocycles. The molecule has 1 atom stereocenters. The normalized spacial score (nSPS) is 18.1. The second kappa shape index (κ2) is 5.42. The molecule has 22 heavy (non-hydrogen) atoms. The summed E-state index contributed by atoms with van der Waals surface area (Å²) in [4.78, 5) is 9.23. The fourth-order valence-corrected chi connectivity index (χ4v) is 3.13. The van der Waals surface area contributed by atoms with Gasteiger partial charge >= 0.3 is 0 Å². The van der Waals surface area contributed by atoms with Gasteiger partial charge < -0.3 is 15.0 Å². The fraction of sp³-hybridized carbons (Fsp3) is 0.294. The first-order chi connectivity index (χ1) is 10.8. The molecular weight excluding hydrogens is 276 g/mol. The lowest BCUT2D eigenvalue weighted by atomic mass is 10.2. The molecule has 1 saturated heterocycles. The molecule has 1 aliphatic heterocycles. The number of nitrogens with one attached hydrogen (secondary N) is 1. The number of hydrogen-bond donors (Lipinski definition) is 2. The number of pyridine rings is 1. The maximum atomic E-state index is 9.76. The molecule has 5 heteroatoms. The van der Waals surface area contributed by atoms with Gasteiger partial charge in [-0.2, -0.15) is 0 Å². The van der Waals surface area contributed by atoms with Crippen LogP contribution in [0.15, 0.2) is 42.6 Å². The quantitative estimate of drug-likeness (QED) is 0.779. The number of aromatic nitrogens is 3. The van der Waals surface area contributed by atoms with E-state index in [0.29, 0.717) is 6.04 Å². The molecule has 1 aliphatic rings. The van der Waals surface area contributed by atoms with Crippen LogP contribution >= 0.6 is 0 Å². The van der Waals surface area contributed by atoms with Crippen molar-refractivity contribution in [1.29, 1.82) is 0 Å². The molecule has 0 saturated carbocycles. The van der Waals surface area contributed by atoms with Gasteiger partial charge in [0.15, 0.2) is 5.65 Å². The van der Waals surface area contributed by atoms with Crippen LogP contribution in [0.4, 0.5) is 0 Å². The Hall–Kier alpha value is -2.40. The van der Waals surface area contributed by atoms with E-state index in [1.54, 1.807) is 18.3 Å². The van der Waals surface area contributed by atoms with Crippen molar-refractivity contribution in [2.75, 3.05) is 6.54 Å². The van der Waals surface area contributed by atoms with Gasteiger partial charge in [-0.25, -0.2) is 9.97 Å². The van der Waals surface area contributed by atoms with E-state index in [-0.39, 0.29) is 5.75 Å². The van der Waals surface area contributed by atoms with Crippen LogP contribution in [0.1, 0.15) is 12.8 Å². The van der Waals surface area contributed by atoms with Crippen molar-refractivity contribution in [1.82, 2.24) is 19.9 Å². The lowest BCUT2D eigenvalue weighted by molar-refractivity contribution is 0.475. The highest BCUT2D eigenvalue weighted by atomic mass is 16.3. The lowest BCUT2D eigenvalue weighted by Crippen LogP contribution is -2.27.